The molecule has 3 aromatic carbocycles. The Kier molecular flexibility index (Phi) is 6.92. The van der Waals surface area contributed by atoms with Crippen molar-refractivity contribution in [3.8, 4) is 28.7 Å². The number of hydrogen-bond acceptors (Lipinski definition) is 7. The van der Waals surface area contributed by atoms with Crippen LogP contribution in [0.25, 0.3) is 6.08 Å². The minimum atomic E-state index is -0.113. The smallest absolute Gasteiger partial charge is 0.203 e. The first-order chi connectivity index (χ1) is 16.6. The van der Waals surface area contributed by atoms with Crippen LogP contribution in [0.1, 0.15) is 21.5 Å². The summed E-state index contributed by atoms with van der Waals surface area (Å²) in [6, 6.07) is 16.9. The molecule has 0 spiro atoms. The molecule has 0 aromatic heterocycles. The van der Waals surface area contributed by atoms with Crippen molar-refractivity contribution in [1.82, 2.24) is 0 Å². The van der Waals surface area contributed by atoms with E-state index in [1.165, 1.54) is 6.08 Å². The second kappa shape index (κ2) is 10.2. The largest absolute Gasteiger partial charge is 0.497 e. The van der Waals surface area contributed by atoms with Gasteiger partial charge in [0.25, 0.3) is 0 Å². The lowest BCUT2D eigenvalue weighted by Gasteiger charge is -2.31. The van der Waals surface area contributed by atoms with Gasteiger partial charge >= 0.3 is 0 Å². The Balaban J connectivity index is 1.52. The molecule has 0 saturated carbocycles. The molecule has 0 saturated heterocycles. The summed E-state index contributed by atoms with van der Waals surface area (Å²) in [4.78, 5) is 15.0. The van der Waals surface area contributed by atoms with Gasteiger partial charge in [-0.3, -0.25) is 4.79 Å². The van der Waals surface area contributed by atoms with Gasteiger partial charge in [0.1, 0.15) is 11.5 Å². The molecule has 0 unspecified atom stereocenters. The number of anilines is 1. The molecule has 7 nitrogen and oxygen atoms in total. The summed E-state index contributed by atoms with van der Waals surface area (Å²) in [5.74, 6) is 3.03. The van der Waals surface area contributed by atoms with Crippen LogP contribution in [-0.2, 0) is 6.54 Å². The van der Waals surface area contributed by atoms with Crippen molar-refractivity contribution < 1.29 is 28.5 Å². The standard InChI is InChI=1S/C27H27NO6/c1-30-22-9-7-21(8-10-22)28-16-20-15-19(6-12-24(20)34-17-28)23(29)11-5-18-13-25(31-2)27(33-4)26(14-18)32-3/h5-15H,16-17H2,1-4H3/b11-5+. The van der Waals surface area contributed by atoms with Crippen LogP contribution in [0.3, 0.4) is 0 Å². The van der Waals surface area contributed by atoms with Gasteiger partial charge in [0.05, 0.1) is 28.4 Å². The molecule has 7 heteroatoms. The number of benzene rings is 3. The molecule has 0 bridgehead atoms. The predicted molar refractivity (Wildman–Crippen MR) is 131 cm³/mol. The third-order valence-electron chi connectivity index (χ3n) is 5.63. The number of methoxy groups -OCH3 is 4. The highest BCUT2D eigenvalue weighted by Crippen LogP contribution is 2.38. The van der Waals surface area contributed by atoms with Gasteiger partial charge in [0, 0.05) is 23.4 Å². The molecule has 1 heterocycles. The normalized spacial score (nSPS) is 12.6. The van der Waals surface area contributed by atoms with Crippen LogP contribution in [0.15, 0.2) is 60.7 Å². The third kappa shape index (κ3) is 4.78. The SMILES string of the molecule is COc1ccc(N2COc3ccc(C(=O)/C=C/c4cc(OC)c(OC)c(OC)c4)cc3C2)cc1. The average molecular weight is 462 g/mol. The molecule has 3 aromatic rings. The lowest BCUT2D eigenvalue weighted by molar-refractivity contribution is 0.104. The van der Waals surface area contributed by atoms with E-state index >= 15 is 0 Å². The Morgan fingerprint density at radius 1 is 0.882 bits per heavy atom. The van der Waals surface area contributed by atoms with Crippen molar-refractivity contribution >= 4 is 17.5 Å². The van der Waals surface area contributed by atoms with Gasteiger partial charge in [-0.1, -0.05) is 6.08 Å². The first kappa shape index (κ1) is 23.0. The number of fused-ring (bicyclic) bond motifs is 1. The monoisotopic (exact) mass is 461 g/mol. The van der Waals surface area contributed by atoms with Crippen LogP contribution < -0.4 is 28.6 Å². The topological polar surface area (TPSA) is 66.5 Å². The number of carbonyl (C=O) groups is 1. The second-order valence-corrected chi connectivity index (χ2v) is 7.65. The molecule has 4 rings (SSSR count). The molecule has 34 heavy (non-hydrogen) atoms. The van der Waals surface area contributed by atoms with Crippen LogP contribution in [-0.4, -0.2) is 41.0 Å². The van der Waals surface area contributed by atoms with Crippen LogP contribution in [0.5, 0.6) is 28.7 Å². The van der Waals surface area contributed by atoms with E-state index in [1.54, 1.807) is 52.7 Å². The maximum atomic E-state index is 12.9. The number of ether oxygens (including phenoxy) is 5. The maximum Gasteiger partial charge on any atom is 0.203 e. The van der Waals surface area contributed by atoms with E-state index < -0.39 is 0 Å². The van der Waals surface area contributed by atoms with Gasteiger partial charge < -0.3 is 28.6 Å². The number of carbonyl (C=O) groups excluding carboxylic acids is 1. The van der Waals surface area contributed by atoms with Crippen LogP contribution >= 0.6 is 0 Å². The molecule has 0 fully saturated rings. The van der Waals surface area contributed by atoms with Crippen LogP contribution in [0.2, 0.25) is 0 Å². The van der Waals surface area contributed by atoms with Gasteiger partial charge in [-0.05, 0) is 66.2 Å². The van der Waals surface area contributed by atoms with Crippen molar-refractivity contribution in [3.05, 3.63) is 77.4 Å². The first-order valence-electron chi connectivity index (χ1n) is 10.7. The molecule has 0 radical (unpaired) electrons. The van der Waals surface area contributed by atoms with E-state index in [0.717, 1.165) is 28.3 Å². The second-order valence-electron chi connectivity index (χ2n) is 7.65. The van der Waals surface area contributed by atoms with Crippen molar-refractivity contribution in [1.29, 1.82) is 0 Å². The molecule has 0 amide bonds. The van der Waals surface area contributed by atoms with E-state index in [2.05, 4.69) is 4.90 Å². The van der Waals surface area contributed by atoms with E-state index in [4.69, 9.17) is 23.7 Å². The lowest BCUT2D eigenvalue weighted by atomic mass is 10.0. The fourth-order valence-electron chi connectivity index (χ4n) is 3.82. The van der Waals surface area contributed by atoms with Crippen molar-refractivity contribution in [3.63, 3.8) is 0 Å². The van der Waals surface area contributed by atoms with Gasteiger partial charge in [-0.25, -0.2) is 0 Å². The predicted octanol–water partition coefficient (Wildman–Crippen LogP) is 4.97. The summed E-state index contributed by atoms with van der Waals surface area (Å²) in [7, 11) is 6.31. The number of allylic oxidation sites excluding steroid dienone is 1. The Hall–Kier alpha value is -4.13. The zero-order valence-electron chi connectivity index (χ0n) is 19.7. The van der Waals surface area contributed by atoms with E-state index in [9.17, 15) is 4.79 Å². The highest BCUT2D eigenvalue weighted by Gasteiger charge is 2.19. The maximum absolute atomic E-state index is 12.9. The minimum absolute atomic E-state index is 0.113. The molecule has 0 aliphatic carbocycles. The first-order valence-corrected chi connectivity index (χ1v) is 10.7. The summed E-state index contributed by atoms with van der Waals surface area (Å²) < 4.78 is 27.3. The molecule has 1 aliphatic heterocycles. The molecular formula is C27H27NO6. The van der Waals surface area contributed by atoms with Crippen LogP contribution in [0.4, 0.5) is 5.69 Å². The summed E-state index contributed by atoms with van der Waals surface area (Å²) in [5, 5.41) is 0. The van der Waals surface area contributed by atoms with Gasteiger partial charge in [0.15, 0.2) is 24.0 Å². The van der Waals surface area contributed by atoms with E-state index in [0.29, 0.717) is 36.1 Å². The number of hydrogen-bond donors (Lipinski definition) is 0. The molecular weight excluding hydrogens is 434 g/mol. The Morgan fingerprint density at radius 3 is 2.21 bits per heavy atom. The number of rotatable bonds is 8. The Labute approximate surface area is 199 Å². The average Bonchev–Trinajstić information content (AvgIpc) is 2.90. The summed E-state index contributed by atoms with van der Waals surface area (Å²) in [6.07, 6.45) is 3.26. The van der Waals surface area contributed by atoms with E-state index in [-0.39, 0.29) is 5.78 Å². The molecule has 1 aliphatic rings. The fourth-order valence-corrected chi connectivity index (χ4v) is 3.82. The fraction of sp³-hybridized carbons (Fsp3) is 0.222. The molecule has 176 valence electrons. The molecule has 0 N–H and O–H groups in total. The number of ketones is 1. The van der Waals surface area contributed by atoms with Crippen LogP contribution in [0, 0.1) is 0 Å². The summed E-state index contributed by atoms with van der Waals surface area (Å²) in [5.41, 5.74) is 3.32. The van der Waals surface area contributed by atoms with E-state index in [1.807, 2.05) is 36.4 Å². The third-order valence-corrected chi connectivity index (χ3v) is 5.63. The van der Waals surface area contributed by atoms with Gasteiger partial charge in [-0.2, -0.15) is 0 Å². The Morgan fingerprint density at radius 2 is 1.59 bits per heavy atom. The zero-order valence-corrected chi connectivity index (χ0v) is 19.7. The molecule has 0 atom stereocenters. The quantitative estimate of drug-likeness (QED) is 0.346. The number of nitrogens with zero attached hydrogens (tertiary/aromatic N) is 1. The lowest BCUT2D eigenvalue weighted by Crippen LogP contribution is -2.31. The Bertz CT molecular complexity index is 1180. The van der Waals surface area contributed by atoms with Crippen molar-refractivity contribution in [2.75, 3.05) is 40.1 Å². The van der Waals surface area contributed by atoms with Crippen molar-refractivity contribution in [2.24, 2.45) is 0 Å². The highest BCUT2D eigenvalue weighted by atomic mass is 16.5. The van der Waals surface area contributed by atoms with Gasteiger partial charge in [0.2, 0.25) is 5.75 Å². The summed E-state index contributed by atoms with van der Waals surface area (Å²) in [6.45, 7) is 1.08. The van der Waals surface area contributed by atoms with Crippen molar-refractivity contribution in [2.45, 2.75) is 6.54 Å². The summed E-state index contributed by atoms with van der Waals surface area (Å²) >= 11 is 0. The minimum Gasteiger partial charge on any atom is -0.497 e. The highest BCUT2D eigenvalue weighted by molar-refractivity contribution is 6.07. The zero-order chi connectivity index (χ0) is 24.1. The van der Waals surface area contributed by atoms with Gasteiger partial charge in [-0.15, -0.1) is 0 Å².